The Hall–Kier alpha value is -2.12. The Kier molecular flexibility index (Phi) is 2.39. The van der Waals surface area contributed by atoms with Crippen LogP contribution >= 0.6 is 22.7 Å². The van der Waals surface area contributed by atoms with Crippen LogP contribution in [0.15, 0.2) is 41.9 Å². The topological polar surface area (TPSA) is 56.0 Å². The molecule has 4 rings (SSSR count). The molecular weight excluding hydrogens is 278 g/mol. The maximum Gasteiger partial charge on any atom is 0.235 e. The molecule has 19 heavy (non-hydrogen) atoms. The van der Waals surface area contributed by atoms with Crippen molar-refractivity contribution < 1.29 is 0 Å². The van der Waals surface area contributed by atoms with Crippen LogP contribution in [0.5, 0.6) is 0 Å². The Morgan fingerprint density at radius 3 is 2.84 bits per heavy atom. The lowest BCUT2D eigenvalue weighted by Crippen LogP contribution is -1.89. The SMILES string of the molecule is c1ccc(-c2nn3c(-c4cccs4)nnc3s2)nc1. The summed E-state index contributed by atoms with van der Waals surface area (Å²) in [5.74, 6) is 0.781. The van der Waals surface area contributed by atoms with Gasteiger partial charge in [0.25, 0.3) is 0 Å². The molecule has 5 nitrogen and oxygen atoms in total. The molecule has 0 aliphatic rings. The second kappa shape index (κ2) is 4.22. The zero-order valence-corrected chi connectivity index (χ0v) is 11.2. The highest BCUT2D eigenvalue weighted by Crippen LogP contribution is 2.28. The summed E-state index contributed by atoms with van der Waals surface area (Å²) in [5.41, 5.74) is 0.857. The van der Waals surface area contributed by atoms with E-state index in [4.69, 9.17) is 0 Å². The molecule has 0 N–H and O–H groups in total. The highest BCUT2D eigenvalue weighted by atomic mass is 32.1. The summed E-state index contributed by atoms with van der Waals surface area (Å²) in [7, 11) is 0. The predicted octanol–water partition coefficient (Wildman–Crippen LogP) is 2.98. The number of hydrogen-bond donors (Lipinski definition) is 0. The number of rotatable bonds is 2. The average molecular weight is 285 g/mol. The molecule has 0 unspecified atom stereocenters. The van der Waals surface area contributed by atoms with Crippen molar-refractivity contribution in [1.29, 1.82) is 0 Å². The van der Waals surface area contributed by atoms with E-state index in [-0.39, 0.29) is 0 Å². The van der Waals surface area contributed by atoms with Crippen molar-refractivity contribution in [3.8, 4) is 21.4 Å². The van der Waals surface area contributed by atoms with Gasteiger partial charge in [-0.05, 0) is 23.6 Å². The van der Waals surface area contributed by atoms with E-state index in [1.807, 2.05) is 35.7 Å². The molecule has 0 saturated carbocycles. The Morgan fingerprint density at radius 1 is 1.05 bits per heavy atom. The van der Waals surface area contributed by atoms with Crippen molar-refractivity contribution in [1.82, 2.24) is 24.8 Å². The van der Waals surface area contributed by atoms with Gasteiger partial charge in [0.05, 0.1) is 4.88 Å². The normalized spacial score (nSPS) is 11.2. The van der Waals surface area contributed by atoms with Crippen LogP contribution in [0, 0.1) is 0 Å². The Balaban J connectivity index is 1.89. The van der Waals surface area contributed by atoms with Gasteiger partial charge in [0.1, 0.15) is 5.69 Å². The van der Waals surface area contributed by atoms with Crippen LogP contribution in [0.3, 0.4) is 0 Å². The summed E-state index contributed by atoms with van der Waals surface area (Å²) < 4.78 is 1.78. The Morgan fingerprint density at radius 2 is 2.05 bits per heavy atom. The van der Waals surface area contributed by atoms with E-state index in [1.54, 1.807) is 22.0 Å². The molecule has 0 radical (unpaired) electrons. The van der Waals surface area contributed by atoms with Crippen LogP contribution in [0.2, 0.25) is 0 Å². The van der Waals surface area contributed by atoms with Crippen LogP contribution in [-0.2, 0) is 0 Å². The highest BCUT2D eigenvalue weighted by molar-refractivity contribution is 7.19. The van der Waals surface area contributed by atoms with Gasteiger partial charge in [-0.1, -0.05) is 23.5 Å². The minimum absolute atomic E-state index is 0.781. The van der Waals surface area contributed by atoms with Gasteiger partial charge in [0.15, 0.2) is 10.8 Å². The molecule has 0 bridgehead atoms. The van der Waals surface area contributed by atoms with Gasteiger partial charge in [0, 0.05) is 6.20 Å². The molecule has 7 heteroatoms. The fourth-order valence-electron chi connectivity index (χ4n) is 1.77. The van der Waals surface area contributed by atoms with Crippen molar-refractivity contribution in [3.05, 3.63) is 41.9 Å². The van der Waals surface area contributed by atoms with Crippen LogP contribution in [0.25, 0.3) is 26.4 Å². The number of hydrogen-bond acceptors (Lipinski definition) is 6. The predicted molar refractivity (Wildman–Crippen MR) is 75.2 cm³/mol. The molecule has 0 aromatic carbocycles. The fraction of sp³-hybridized carbons (Fsp3) is 0. The first-order valence-electron chi connectivity index (χ1n) is 5.59. The van der Waals surface area contributed by atoms with Crippen molar-refractivity contribution >= 4 is 27.6 Å². The smallest absolute Gasteiger partial charge is 0.235 e. The van der Waals surface area contributed by atoms with Gasteiger partial charge in [-0.25, -0.2) is 0 Å². The molecule has 4 aromatic heterocycles. The molecule has 0 fully saturated rings. The maximum atomic E-state index is 4.55. The summed E-state index contributed by atoms with van der Waals surface area (Å²) >= 11 is 3.12. The largest absolute Gasteiger partial charge is 0.254 e. The van der Waals surface area contributed by atoms with Crippen molar-refractivity contribution in [2.75, 3.05) is 0 Å². The van der Waals surface area contributed by atoms with Gasteiger partial charge >= 0.3 is 0 Å². The molecule has 0 amide bonds. The van der Waals surface area contributed by atoms with Crippen molar-refractivity contribution in [3.63, 3.8) is 0 Å². The monoisotopic (exact) mass is 285 g/mol. The van der Waals surface area contributed by atoms with Gasteiger partial charge in [-0.2, -0.15) is 9.61 Å². The summed E-state index contributed by atoms with van der Waals surface area (Å²) in [6.45, 7) is 0. The summed E-state index contributed by atoms with van der Waals surface area (Å²) in [5, 5.41) is 15.8. The zero-order valence-electron chi connectivity index (χ0n) is 9.59. The molecular formula is C12H7N5S2. The summed E-state index contributed by atoms with van der Waals surface area (Å²) in [6.07, 6.45) is 1.76. The lowest BCUT2D eigenvalue weighted by Gasteiger charge is -1.92. The van der Waals surface area contributed by atoms with E-state index >= 15 is 0 Å². The standard InChI is InChI=1S/C12H7N5S2/c1-2-6-13-8(4-1)11-16-17-10(9-5-3-7-18-9)14-15-12(17)19-11/h1-7H. The summed E-state index contributed by atoms with van der Waals surface area (Å²) in [4.78, 5) is 6.15. The average Bonchev–Trinajstić information content (AvgIpc) is 3.15. The zero-order chi connectivity index (χ0) is 12.7. The van der Waals surface area contributed by atoms with Crippen molar-refractivity contribution in [2.45, 2.75) is 0 Å². The van der Waals surface area contributed by atoms with Crippen LogP contribution in [0.4, 0.5) is 0 Å². The van der Waals surface area contributed by atoms with E-state index in [2.05, 4.69) is 20.3 Å². The van der Waals surface area contributed by atoms with E-state index in [1.165, 1.54) is 11.3 Å². The van der Waals surface area contributed by atoms with E-state index in [9.17, 15) is 0 Å². The van der Waals surface area contributed by atoms with Crippen molar-refractivity contribution in [2.24, 2.45) is 0 Å². The Labute approximate surface area is 116 Å². The van der Waals surface area contributed by atoms with Gasteiger partial charge in [-0.3, -0.25) is 4.98 Å². The first-order valence-corrected chi connectivity index (χ1v) is 7.29. The number of pyridine rings is 1. The second-order valence-corrected chi connectivity index (χ2v) is 5.72. The number of aromatic nitrogens is 5. The molecule has 0 spiro atoms. The third kappa shape index (κ3) is 1.74. The third-order valence-corrected chi connectivity index (χ3v) is 4.40. The van der Waals surface area contributed by atoms with Crippen LogP contribution in [0.1, 0.15) is 0 Å². The van der Waals surface area contributed by atoms with E-state index < -0.39 is 0 Å². The van der Waals surface area contributed by atoms with Crippen LogP contribution in [-0.4, -0.2) is 24.8 Å². The van der Waals surface area contributed by atoms with Gasteiger partial charge < -0.3 is 0 Å². The quantitative estimate of drug-likeness (QED) is 0.568. The van der Waals surface area contributed by atoms with Crippen LogP contribution < -0.4 is 0 Å². The lowest BCUT2D eigenvalue weighted by molar-refractivity contribution is 0.970. The highest BCUT2D eigenvalue weighted by Gasteiger charge is 2.15. The van der Waals surface area contributed by atoms with Gasteiger partial charge in [-0.15, -0.1) is 21.5 Å². The maximum absolute atomic E-state index is 4.55. The fourth-order valence-corrected chi connectivity index (χ4v) is 3.28. The minimum Gasteiger partial charge on any atom is -0.254 e. The minimum atomic E-state index is 0.781. The number of nitrogens with zero attached hydrogens (tertiary/aromatic N) is 5. The first-order chi connectivity index (χ1) is 9.42. The Bertz CT molecular complexity index is 816. The molecule has 0 aliphatic heterocycles. The van der Waals surface area contributed by atoms with E-state index in [0.717, 1.165) is 26.4 Å². The lowest BCUT2D eigenvalue weighted by atomic mass is 10.4. The molecule has 92 valence electrons. The molecule has 0 aliphatic carbocycles. The molecule has 4 aromatic rings. The second-order valence-electron chi connectivity index (χ2n) is 3.82. The molecule has 0 saturated heterocycles. The first kappa shape index (κ1) is 10.8. The third-order valence-electron chi connectivity index (χ3n) is 2.62. The van der Waals surface area contributed by atoms with E-state index in [0.29, 0.717) is 0 Å². The summed E-state index contributed by atoms with van der Waals surface area (Å²) in [6, 6.07) is 9.79. The number of fused-ring (bicyclic) bond motifs is 1. The molecule has 0 atom stereocenters. The number of thiophene rings is 1. The molecule has 4 heterocycles. The van der Waals surface area contributed by atoms with Gasteiger partial charge in [0.2, 0.25) is 4.96 Å².